The summed E-state index contributed by atoms with van der Waals surface area (Å²) >= 11 is -0.931. The van der Waals surface area contributed by atoms with Gasteiger partial charge in [0.05, 0.1) is 0 Å². The molecule has 0 aromatic carbocycles. The Bertz CT molecular complexity index is 42.3. The van der Waals surface area contributed by atoms with Crippen LogP contribution in [-0.2, 0) is 15.1 Å². The monoisotopic (exact) mass is 286 g/mol. The van der Waals surface area contributed by atoms with E-state index in [-0.39, 0.29) is 0 Å². The fraction of sp³-hybridized carbons (Fsp3) is 1.00. The molecule has 0 aliphatic heterocycles. The third kappa shape index (κ3) is 287. The summed E-state index contributed by atoms with van der Waals surface area (Å²) in [6, 6.07) is 0. The Kier molecular flexibility index (Phi) is 30.7. The average molecular weight is 288 g/mol. The standard InChI is InChI=1S/2C3H9P.2ClH.Zn/c2*1-4(2)3;;;/h2*1-3H3;2*1H;/q;;;;+2/p-2. The minimum atomic E-state index is -0.931. The Morgan fingerprint density at radius 1 is 0.727 bits per heavy atom. The zero-order valence-corrected chi connectivity index (χ0v) is 14.6. The molecule has 0 fully saturated rings. The summed E-state index contributed by atoms with van der Waals surface area (Å²) < 4.78 is 0. The van der Waals surface area contributed by atoms with E-state index in [0.717, 1.165) is 0 Å². The van der Waals surface area contributed by atoms with Crippen LogP contribution < -0.4 is 0 Å². The molecule has 0 spiro atoms. The second-order valence-corrected chi connectivity index (χ2v) is 12.8. The Morgan fingerprint density at radius 2 is 0.727 bits per heavy atom. The summed E-state index contributed by atoms with van der Waals surface area (Å²) in [6.07, 6.45) is 0. The number of hydrogen-bond acceptors (Lipinski definition) is 0. The quantitative estimate of drug-likeness (QED) is 0.465. The van der Waals surface area contributed by atoms with Gasteiger partial charge in [-0.3, -0.25) is 0 Å². The van der Waals surface area contributed by atoms with Crippen LogP contribution >= 0.6 is 35.2 Å². The zero-order valence-electron chi connectivity index (χ0n) is 8.36. The maximum absolute atomic E-state index is 4.95. The van der Waals surface area contributed by atoms with E-state index in [9.17, 15) is 0 Å². The molecular formula is C6H18Cl2P2Zn. The molecule has 0 saturated carbocycles. The predicted molar refractivity (Wildman–Crippen MR) is 61.1 cm³/mol. The van der Waals surface area contributed by atoms with Gasteiger partial charge in [-0.05, 0) is 40.0 Å². The molecule has 0 unspecified atom stereocenters. The molecule has 0 aliphatic rings. The van der Waals surface area contributed by atoms with Gasteiger partial charge in [-0.1, -0.05) is 0 Å². The molecule has 0 aliphatic carbocycles. The molecule has 0 rings (SSSR count). The van der Waals surface area contributed by atoms with Crippen molar-refractivity contribution in [3.63, 3.8) is 0 Å². The normalized spacial score (nSPS) is 7.45. The fourth-order valence-electron chi connectivity index (χ4n) is 0. The number of rotatable bonds is 0. The second kappa shape index (κ2) is 18.0. The first-order valence-corrected chi connectivity index (χ1v) is 16.4. The van der Waals surface area contributed by atoms with E-state index < -0.39 is 15.1 Å². The van der Waals surface area contributed by atoms with Crippen LogP contribution in [0.4, 0.5) is 0 Å². The Labute approximate surface area is 90.0 Å². The van der Waals surface area contributed by atoms with Crippen molar-refractivity contribution in [3.8, 4) is 0 Å². The first kappa shape index (κ1) is 18.8. The summed E-state index contributed by atoms with van der Waals surface area (Å²) in [5, 5.41) is 0. The molecule has 0 amide bonds. The summed E-state index contributed by atoms with van der Waals surface area (Å²) in [5.41, 5.74) is 0. The Balaban J connectivity index is -0.0000000886. The van der Waals surface area contributed by atoms with Crippen LogP contribution in [0.25, 0.3) is 0 Å². The number of hydrogen-bond donors (Lipinski definition) is 0. The van der Waals surface area contributed by atoms with Crippen LogP contribution in [0.2, 0.25) is 0 Å². The van der Waals surface area contributed by atoms with E-state index in [2.05, 4.69) is 40.0 Å². The van der Waals surface area contributed by atoms with E-state index in [1.54, 1.807) is 0 Å². The van der Waals surface area contributed by atoms with Crippen LogP contribution in [-0.4, -0.2) is 40.0 Å². The second-order valence-electron chi connectivity index (χ2n) is 2.78. The van der Waals surface area contributed by atoms with E-state index >= 15 is 0 Å². The molecule has 0 radical (unpaired) electrons. The Morgan fingerprint density at radius 3 is 0.727 bits per heavy atom. The van der Waals surface area contributed by atoms with Crippen molar-refractivity contribution in [1.82, 2.24) is 0 Å². The molecule has 0 atom stereocenters. The van der Waals surface area contributed by atoms with Gasteiger partial charge >= 0.3 is 34.5 Å². The van der Waals surface area contributed by atoms with Gasteiger partial charge in [-0.25, -0.2) is 0 Å². The molecule has 0 bridgehead atoms. The van der Waals surface area contributed by atoms with Gasteiger partial charge in [-0.2, -0.15) is 0 Å². The molecule has 0 aromatic heterocycles. The van der Waals surface area contributed by atoms with Crippen molar-refractivity contribution < 1.29 is 15.1 Å². The molecule has 68 valence electrons. The Hall–Kier alpha value is 2.06. The van der Waals surface area contributed by atoms with Crippen molar-refractivity contribution >= 4 is 35.2 Å². The van der Waals surface area contributed by atoms with E-state index in [4.69, 9.17) is 19.4 Å². The molecule has 5 heteroatoms. The molecule has 0 saturated heterocycles. The first-order valence-electron chi connectivity index (χ1n) is 3.22. The molecular weight excluding hydrogens is 270 g/mol. The topological polar surface area (TPSA) is 0 Å². The van der Waals surface area contributed by atoms with Crippen LogP contribution in [0.1, 0.15) is 0 Å². The summed E-state index contributed by atoms with van der Waals surface area (Å²) in [6.45, 7) is 13.4. The van der Waals surface area contributed by atoms with Crippen LogP contribution in [0, 0.1) is 0 Å². The average Bonchev–Trinajstić information content (AvgIpc) is 1.60. The van der Waals surface area contributed by atoms with Crippen molar-refractivity contribution in [2.24, 2.45) is 0 Å². The summed E-state index contributed by atoms with van der Waals surface area (Å²) in [5.74, 6) is 0. The first-order chi connectivity index (χ1) is 4.88. The van der Waals surface area contributed by atoms with Gasteiger partial charge in [0.25, 0.3) is 0 Å². The van der Waals surface area contributed by atoms with Crippen molar-refractivity contribution in [2.45, 2.75) is 0 Å². The van der Waals surface area contributed by atoms with E-state index in [1.165, 1.54) is 0 Å². The molecule has 0 aromatic rings. The van der Waals surface area contributed by atoms with Gasteiger partial charge in [0.2, 0.25) is 0 Å². The van der Waals surface area contributed by atoms with Crippen LogP contribution in [0.3, 0.4) is 0 Å². The SMILES string of the molecule is CP(C)C.CP(C)C.[Cl][Zn][Cl]. The fourth-order valence-corrected chi connectivity index (χ4v) is 0. The van der Waals surface area contributed by atoms with Crippen molar-refractivity contribution in [2.75, 3.05) is 40.0 Å². The number of halogens is 2. The molecule has 0 nitrogen and oxygen atoms in total. The van der Waals surface area contributed by atoms with E-state index in [0.29, 0.717) is 15.8 Å². The zero-order chi connectivity index (χ0) is 9.86. The van der Waals surface area contributed by atoms with Crippen LogP contribution in [0.5, 0.6) is 0 Å². The maximum atomic E-state index is 4.95. The van der Waals surface area contributed by atoms with Gasteiger partial charge in [0.15, 0.2) is 0 Å². The summed E-state index contributed by atoms with van der Waals surface area (Å²) in [4.78, 5) is 0. The van der Waals surface area contributed by atoms with Crippen molar-refractivity contribution in [1.29, 1.82) is 0 Å². The van der Waals surface area contributed by atoms with E-state index in [1.807, 2.05) is 0 Å². The molecule has 0 heterocycles. The third-order valence-corrected chi connectivity index (χ3v) is 0. The van der Waals surface area contributed by atoms with Crippen LogP contribution in [0.15, 0.2) is 0 Å². The molecule has 0 N–H and O–H groups in total. The van der Waals surface area contributed by atoms with Crippen molar-refractivity contribution in [3.05, 3.63) is 0 Å². The van der Waals surface area contributed by atoms with Gasteiger partial charge < -0.3 is 0 Å². The van der Waals surface area contributed by atoms with Gasteiger partial charge in [0, 0.05) is 0 Å². The van der Waals surface area contributed by atoms with Gasteiger partial charge in [0.1, 0.15) is 0 Å². The van der Waals surface area contributed by atoms with Gasteiger partial charge in [-0.15, -0.1) is 15.8 Å². The minimum absolute atomic E-state index is 0.380. The third-order valence-electron chi connectivity index (χ3n) is 0. The predicted octanol–water partition coefficient (Wildman–Crippen LogP) is 4.09. The summed E-state index contributed by atoms with van der Waals surface area (Å²) in [7, 11) is 10.7. The molecule has 11 heavy (non-hydrogen) atoms.